The first kappa shape index (κ1) is 22.0. The number of benzene rings is 2. The lowest BCUT2D eigenvalue weighted by atomic mass is 9.67. The summed E-state index contributed by atoms with van der Waals surface area (Å²) in [6, 6.07) is 17.8. The molecule has 1 fully saturated rings. The second kappa shape index (κ2) is 9.43. The van der Waals surface area contributed by atoms with Gasteiger partial charge in [-0.1, -0.05) is 56.3 Å². The Morgan fingerprint density at radius 1 is 1.20 bits per heavy atom. The van der Waals surface area contributed by atoms with Crippen molar-refractivity contribution in [3.05, 3.63) is 71.3 Å². The molecule has 2 aromatic rings. The minimum atomic E-state index is -0.396. The van der Waals surface area contributed by atoms with Crippen molar-refractivity contribution in [2.24, 2.45) is 17.6 Å². The van der Waals surface area contributed by atoms with Crippen LogP contribution in [0.1, 0.15) is 41.8 Å². The molecule has 2 aromatic carbocycles. The predicted octanol–water partition coefficient (Wildman–Crippen LogP) is 3.42. The Morgan fingerprint density at radius 3 is 2.57 bits per heavy atom. The van der Waals surface area contributed by atoms with Gasteiger partial charge in [-0.15, -0.1) is 0 Å². The van der Waals surface area contributed by atoms with Crippen LogP contribution in [-0.2, 0) is 21.4 Å². The number of esters is 1. The van der Waals surface area contributed by atoms with Gasteiger partial charge in [0.2, 0.25) is 5.91 Å². The summed E-state index contributed by atoms with van der Waals surface area (Å²) in [5, 5.41) is 0. The SMILES string of the molecule is COC(=O)[C@@H](Cc1ccccc1)CN1CC[C@@](C)(c2cccc(C(N)=O)c2)[C@@H](C)C1. The number of rotatable bonds is 7. The van der Waals surface area contributed by atoms with Crippen molar-refractivity contribution in [1.29, 1.82) is 0 Å². The zero-order valence-corrected chi connectivity index (χ0v) is 18.1. The Bertz CT molecular complexity index is 883. The first-order valence-corrected chi connectivity index (χ1v) is 10.6. The van der Waals surface area contributed by atoms with Crippen LogP contribution in [0.25, 0.3) is 0 Å². The lowest BCUT2D eigenvalue weighted by molar-refractivity contribution is -0.146. The minimum absolute atomic E-state index is 0.0395. The fraction of sp³-hybridized carbons (Fsp3) is 0.440. The molecule has 0 aromatic heterocycles. The third-order valence-electron chi connectivity index (χ3n) is 6.71. The summed E-state index contributed by atoms with van der Waals surface area (Å²) in [4.78, 5) is 26.4. The topological polar surface area (TPSA) is 72.6 Å². The number of nitrogens with zero attached hydrogens (tertiary/aromatic N) is 1. The number of hydrogen-bond acceptors (Lipinski definition) is 4. The normalized spacial score (nSPS) is 23.0. The minimum Gasteiger partial charge on any atom is -0.469 e. The Morgan fingerprint density at radius 2 is 1.93 bits per heavy atom. The van der Waals surface area contributed by atoms with Gasteiger partial charge in [-0.3, -0.25) is 9.59 Å². The van der Waals surface area contributed by atoms with Crippen LogP contribution in [0.2, 0.25) is 0 Å². The standard InChI is InChI=1S/C25H32N2O3/c1-18-16-27(17-21(24(29)30-3)14-19-8-5-4-6-9-19)13-12-25(18,2)22-11-7-10-20(15-22)23(26)28/h4-11,15,18,21H,12-14,16-17H2,1-3H3,(H2,26,28)/t18-,21-,25+/m0/s1. The molecule has 3 atom stereocenters. The summed E-state index contributed by atoms with van der Waals surface area (Å²) >= 11 is 0. The highest BCUT2D eigenvalue weighted by atomic mass is 16.5. The molecule has 5 nitrogen and oxygen atoms in total. The number of likely N-dealkylation sites (tertiary alicyclic amines) is 1. The average molecular weight is 409 g/mol. The van der Waals surface area contributed by atoms with Crippen molar-refractivity contribution in [2.75, 3.05) is 26.7 Å². The van der Waals surface area contributed by atoms with Crippen LogP contribution in [0.5, 0.6) is 0 Å². The Labute approximate surface area is 179 Å². The summed E-state index contributed by atoms with van der Waals surface area (Å²) in [5.41, 5.74) is 8.29. The van der Waals surface area contributed by atoms with Crippen LogP contribution in [0.4, 0.5) is 0 Å². The smallest absolute Gasteiger partial charge is 0.310 e. The number of amides is 1. The van der Waals surface area contributed by atoms with E-state index in [1.54, 1.807) is 6.07 Å². The molecule has 0 saturated carbocycles. The fourth-order valence-corrected chi connectivity index (χ4v) is 4.54. The van der Waals surface area contributed by atoms with Gasteiger partial charge in [0.25, 0.3) is 0 Å². The second-order valence-electron chi connectivity index (χ2n) is 8.68. The molecule has 1 amide bonds. The molecule has 1 aliphatic heterocycles. The van der Waals surface area contributed by atoms with Crippen LogP contribution < -0.4 is 5.73 Å². The van der Waals surface area contributed by atoms with Crippen molar-refractivity contribution in [3.63, 3.8) is 0 Å². The Kier molecular flexibility index (Phi) is 6.93. The van der Waals surface area contributed by atoms with E-state index in [0.29, 0.717) is 24.4 Å². The molecule has 2 N–H and O–H groups in total. The van der Waals surface area contributed by atoms with E-state index in [2.05, 4.69) is 36.9 Å². The Balaban J connectivity index is 1.71. The molecule has 0 bridgehead atoms. The van der Waals surface area contributed by atoms with E-state index < -0.39 is 5.91 Å². The van der Waals surface area contributed by atoms with Crippen molar-refractivity contribution < 1.29 is 14.3 Å². The molecule has 0 spiro atoms. The number of carbonyl (C=O) groups excluding carboxylic acids is 2. The number of carbonyl (C=O) groups is 2. The summed E-state index contributed by atoms with van der Waals surface area (Å²) in [6.45, 7) is 6.97. The Hall–Kier alpha value is -2.66. The molecule has 30 heavy (non-hydrogen) atoms. The molecule has 1 saturated heterocycles. The molecule has 0 aliphatic carbocycles. The van der Waals surface area contributed by atoms with Gasteiger partial charge < -0.3 is 15.4 Å². The van der Waals surface area contributed by atoms with Gasteiger partial charge in [-0.05, 0) is 54.0 Å². The fourth-order valence-electron chi connectivity index (χ4n) is 4.54. The number of ether oxygens (including phenoxy) is 1. The highest BCUT2D eigenvalue weighted by Gasteiger charge is 2.39. The monoisotopic (exact) mass is 408 g/mol. The van der Waals surface area contributed by atoms with E-state index in [-0.39, 0.29) is 17.3 Å². The largest absolute Gasteiger partial charge is 0.469 e. The van der Waals surface area contributed by atoms with Gasteiger partial charge in [0.1, 0.15) is 0 Å². The van der Waals surface area contributed by atoms with Gasteiger partial charge in [-0.25, -0.2) is 0 Å². The van der Waals surface area contributed by atoms with Crippen LogP contribution in [-0.4, -0.2) is 43.5 Å². The molecule has 1 aliphatic rings. The van der Waals surface area contributed by atoms with E-state index in [1.165, 1.54) is 7.11 Å². The first-order chi connectivity index (χ1) is 14.3. The van der Waals surface area contributed by atoms with Crippen molar-refractivity contribution >= 4 is 11.9 Å². The number of piperidine rings is 1. The van der Waals surface area contributed by atoms with Crippen LogP contribution in [0.3, 0.4) is 0 Å². The lowest BCUT2D eigenvalue weighted by Gasteiger charge is -2.45. The molecular weight excluding hydrogens is 376 g/mol. The van der Waals surface area contributed by atoms with Crippen molar-refractivity contribution in [2.45, 2.75) is 32.1 Å². The number of nitrogens with two attached hydrogens (primary N) is 1. The lowest BCUT2D eigenvalue weighted by Crippen LogP contribution is -2.49. The summed E-state index contributed by atoms with van der Waals surface area (Å²) in [5.74, 6) is -0.377. The summed E-state index contributed by atoms with van der Waals surface area (Å²) < 4.78 is 5.09. The van der Waals surface area contributed by atoms with Crippen LogP contribution >= 0.6 is 0 Å². The van der Waals surface area contributed by atoms with Gasteiger partial charge in [0.15, 0.2) is 0 Å². The highest BCUT2D eigenvalue weighted by Crippen LogP contribution is 2.39. The molecule has 0 unspecified atom stereocenters. The maximum Gasteiger partial charge on any atom is 0.310 e. The van der Waals surface area contributed by atoms with E-state index in [1.807, 2.05) is 30.3 Å². The molecule has 0 radical (unpaired) electrons. The van der Waals surface area contributed by atoms with Crippen LogP contribution in [0.15, 0.2) is 54.6 Å². The molecule has 160 valence electrons. The molecule has 3 rings (SSSR count). The third kappa shape index (κ3) is 4.90. The third-order valence-corrected chi connectivity index (χ3v) is 6.71. The zero-order chi connectivity index (χ0) is 21.7. The number of primary amides is 1. The number of methoxy groups -OCH3 is 1. The van der Waals surface area contributed by atoms with Crippen LogP contribution in [0, 0.1) is 11.8 Å². The quantitative estimate of drug-likeness (QED) is 0.713. The highest BCUT2D eigenvalue weighted by molar-refractivity contribution is 5.92. The van der Waals surface area contributed by atoms with Crippen molar-refractivity contribution in [1.82, 2.24) is 4.90 Å². The molecule has 5 heteroatoms. The maximum absolute atomic E-state index is 12.4. The summed E-state index contributed by atoms with van der Waals surface area (Å²) in [7, 11) is 1.46. The van der Waals surface area contributed by atoms with Gasteiger partial charge in [0, 0.05) is 18.7 Å². The van der Waals surface area contributed by atoms with E-state index >= 15 is 0 Å². The first-order valence-electron chi connectivity index (χ1n) is 10.6. The molecule has 1 heterocycles. The average Bonchev–Trinajstić information content (AvgIpc) is 2.76. The van der Waals surface area contributed by atoms with E-state index in [9.17, 15) is 9.59 Å². The van der Waals surface area contributed by atoms with Gasteiger partial charge >= 0.3 is 5.97 Å². The van der Waals surface area contributed by atoms with E-state index in [4.69, 9.17) is 10.5 Å². The molecular formula is C25H32N2O3. The summed E-state index contributed by atoms with van der Waals surface area (Å²) in [6.07, 6.45) is 1.63. The van der Waals surface area contributed by atoms with E-state index in [0.717, 1.165) is 30.6 Å². The predicted molar refractivity (Wildman–Crippen MR) is 118 cm³/mol. The van der Waals surface area contributed by atoms with Gasteiger partial charge in [0.05, 0.1) is 13.0 Å². The van der Waals surface area contributed by atoms with Crippen molar-refractivity contribution in [3.8, 4) is 0 Å². The zero-order valence-electron chi connectivity index (χ0n) is 18.1. The number of hydrogen-bond donors (Lipinski definition) is 1. The second-order valence-corrected chi connectivity index (χ2v) is 8.68. The maximum atomic E-state index is 12.4. The van der Waals surface area contributed by atoms with Gasteiger partial charge in [-0.2, -0.15) is 0 Å².